The van der Waals surface area contributed by atoms with Gasteiger partial charge < -0.3 is 10.1 Å². The Hall–Kier alpha value is -0.880. The van der Waals surface area contributed by atoms with Gasteiger partial charge in [-0.1, -0.05) is 12.1 Å². The van der Waals surface area contributed by atoms with Gasteiger partial charge in [0.05, 0.1) is 0 Å². The van der Waals surface area contributed by atoms with Crippen LogP contribution in [0, 0.1) is 0 Å². The summed E-state index contributed by atoms with van der Waals surface area (Å²) >= 11 is 1.94. The van der Waals surface area contributed by atoms with Crippen molar-refractivity contribution < 1.29 is 17.9 Å². The number of hydrogen-bond donors (Lipinski definition) is 1. The largest absolute Gasteiger partial charge is 0.573 e. The molecule has 1 N–H and O–H groups in total. The van der Waals surface area contributed by atoms with Crippen molar-refractivity contribution in [2.24, 2.45) is 0 Å². The summed E-state index contributed by atoms with van der Waals surface area (Å²) in [6.45, 7) is 2.03. The fourth-order valence-corrected chi connectivity index (χ4v) is 3.36. The molecule has 2 nitrogen and oxygen atoms in total. The molecule has 1 aromatic rings. The van der Waals surface area contributed by atoms with Crippen LogP contribution < -0.4 is 10.1 Å². The van der Waals surface area contributed by atoms with Gasteiger partial charge in [0.1, 0.15) is 5.75 Å². The average molecular weight is 305 g/mol. The minimum Gasteiger partial charge on any atom is -0.406 e. The number of thioether (sulfide) groups is 1. The van der Waals surface area contributed by atoms with Crippen LogP contribution in [0.3, 0.4) is 0 Å². The fraction of sp³-hybridized carbons (Fsp3) is 0.571. The van der Waals surface area contributed by atoms with Crippen LogP contribution in [0.5, 0.6) is 5.75 Å². The average Bonchev–Trinajstić information content (AvgIpc) is 2.39. The first-order valence-corrected chi connectivity index (χ1v) is 7.79. The summed E-state index contributed by atoms with van der Waals surface area (Å²) in [5, 5.41) is 3.52. The normalized spacial score (nSPS) is 21.5. The molecule has 0 saturated carbocycles. The number of benzene rings is 1. The maximum atomic E-state index is 12.1. The third kappa shape index (κ3) is 4.90. The minimum atomic E-state index is -4.63. The Morgan fingerprint density at radius 1 is 1.30 bits per heavy atom. The van der Waals surface area contributed by atoms with Crippen molar-refractivity contribution in [1.82, 2.24) is 5.32 Å². The summed E-state index contributed by atoms with van der Waals surface area (Å²) in [5.74, 6) is 2.14. The lowest BCUT2D eigenvalue weighted by Crippen LogP contribution is -2.35. The summed E-state index contributed by atoms with van der Waals surface area (Å²) in [7, 11) is 0. The van der Waals surface area contributed by atoms with E-state index in [0.29, 0.717) is 6.04 Å². The summed E-state index contributed by atoms with van der Waals surface area (Å²) in [4.78, 5) is 0. The Morgan fingerprint density at radius 3 is 2.55 bits per heavy atom. The number of alkyl halides is 3. The van der Waals surface area contributed by atoms with E-state index in [1.165, 1.54) is 24.3 Å². The van der Waals surface area contributed by atoms with Gasteiger partial charge in [-0.15, -0.1) is 13.2 Å². The molecule has 0 bridgehead atoms. The van der Waals surface area contributed by atoms with Gasteiger partial charge in [-0.05, 0) is 43.2 Å². The topological polar surface area (TPSA) is 21.3 Å². The molecule has 2 rings (SSSR count). The Labute approximate surface area is 121 Å². The van der Waals surface area contributed by atoms with Crippen LogP contribution in [-0.4, -0.2) is 23.9 Å². The molecule has 6 heteroatoms. The van der Waals surface area contributed by atoms with Gasteiger partial charge in [0.15, 0.2) is 0 Å². The summed E-state index contributed by atoms with van der Waals surface area (Å²) < 4.78 is 40.1. The molecule has 1 aliphatic rings. The van der Waals surface area contributed by atoms with Gasteiger partial charge >= 0.3 is 6.36 Å². The van der Waals surface area contributed by atoms with Crippen molar-refractivity contribution >= 4 is 11.8 Å². The Kier molecular flexibility index (Phi) is 5.21. The molecule has 20 heavy (non-hydrogen) atoms. The summed E-state index contributed by atoms with van der Waals surface area (Å²) in [6, 6.07) is 6.67. The number of halogens is 3. The zero-order chi connectivity index (χ0) is 14.6. The molecule has 112 valence electrons. The van der Waals surface area contributed by atoms with Gasteiger partial charge in [0, 0.05) is 17.8 Å². The van der Waals surface area contributed by atoms with E-state index in [2.05, 4.69) is 10.1 Å². The van der Waals surface area contributed by atoms with E-state index in [0.717, 1.165) is 17.7 Å². The SMILES string of the molecule is CC(NC1CCCSC1)c1ccc(OC(F)(F)F)cc1. The van der Waals surface area contributed by atoms with Crippen molar-refractivity contribution in [3.8, 4) is 5.75 Å². The Bertz CT molecular complexity index is 415. The lowest BCUT2D eigenvalue weighted by molar-refractivity contribution is -0.274. The zero-order valence-corrected chi connectivity index (χ0v) is 12.1. The van der Waals surface area contributed by atoms with E-state index < -0.39 is 6.36 Å². The number of hydrogen-bond acceptors (Lipinski definition) is 3. The number of nitrogens with one attached hydrogen (secondary N) is 1. The van der Waals surface area contributed by atoms with Crippen LogP contribution in [0.2, 0.25) is 0 Å². The molecule has 0 aromatic heterocycles. The molecule has 0 amide bonds. The van der Waals surface area contributed by atoms with Crippen LogP contribution in [0.4, 0.5) is 13.2 Å². The van der Waals surface area contributed by atoms with Crippen molar-refractivity contribution in [3.05, 3.63) is 29.8 Å². The van der Waals surface area contributed by atoms with Crippen molar-refractivity contribution in [3.63, 3.8) is 0 Å². The third-order valence-electron chi connectivity index (χ3n) is 3.26. The van der Waals surface area contributed by atoms with Gasteiger partial charge in [-0.25, -0.2) is 0 Å². The number of ether oxygens (including phenoxy) is 1. The van der Waals surface area contributed by atoms with E-state index in [9.17, 15) is 13.2 Å². The molecule has 0 aliphatic carbocycles. The first-order chi connectivity index (χ1) is 9.44. The molecular weight excluding hydrogens is 287 g/mol. The molecule has 1 aromatic carbocycles. The molecule has 1 saturated heterocycles. The van der Waals surface area contributed by atoms with Crippen LogP contribution in [0.15, 0.2) is 24.3 Å². The van der Waals surface area contributed by atoms with Crippen LogP contribution in [0.25, 0.3) is 0 Å². The highest BCUT2D eigenvalue weighted by Gasteiger charge is 2.31. The lowest BCUT2D eigenvalue weighted by Gasteiger charge is -2.26. The molecule has 0 spiro atoms. The van der Waals surface area contributed by atoms with E-state index in [-0.39, 0.29) is 11.8 Å². The maximum Gasteiger partial charge on any atom is 0.573 e. The van der Waals surface area contributed by atoms with Gasteiger partial charge in [-0.3, -0.25) is 0 Å². The van der Waals surface area contributed by atoms with Gasteiger partial charge in [-0.2, -0.15) is 11.8 Å². The summed E-state index contributed by atoms with van der Waals surface area (Å²) in [5.41, 5.74) is 0.968. The monoisotopic (exact) mass is 305 g/mol. The standard InChI is InChI=1S/C14H18F3NOS/c1-10(18-12-3-2-8-20-9-12)11-4-6-13(7-5-11)19-14(15,16)17/h4-7,10,12,18H,2-3,8-9H2,1H3. The van der Waals surface area contributed by atoms with Gasteiger partial charge in [0.2, 0.25) is 0 Å². The second-order valence-electron chi connectivity index (χ2n) is 4.92. The molecule has 2 unspecified atom stereocenters. The maximum absolute atomic E-state index is 12.1. The molecule has 0 radical (unpaired) electrons. The van der Waals surface area contributed by atoms with E-state index >= 15 is 0 Å². The van der Waals surface area contributed by atoms with Crippen molar-refractivity contribution in [2.75, 3.05) is 11.5 Å². The minimum absolute atomic E-state index is 0.124. The Balaban J connectivity index is 1.91. The quantitative estimate of drug-likeness (QED) is 0.903. The molecule has 1 aliphatic heterocycles. The fourth-order valence-electron chi connectivity index (χ4n) is 2.28. The van der Waals surface area contributed by atoms with E-state index in [1.807, 2.05) is 18.7 Å². The first-order valence-electron chi connectivity index (χ1n) is 6.63. The second-order valence-corrected chi connectivity index (χ2v) is 6.07. The molecule has 2 atom stereocenters. The highest BCUT2D eigenvalue weighted by molar-refractivity contribution is 7.99. The van der Waals surface area contributed by atoms with Gasteiger partial charge in [0.25, 0.3) is 0 Å². The van der Waals surface area contributed by atoms with Crippen LogP contribution in [0.1, 0.15) is 31.4 Å². The highest BCUT2D eigenvalue weighted by Crippen LogP contribution is 2.25. The predicted molar refractivity (Wildman–Crippen MR) is 75.0 cm³/mol. The first kappa shape index (κ1) is 15.5. The predicted octanol–water partition coefficient (Wildman–Crippen LogP) is 4.13. The van der Waals surface area contributed by atoms with Crippen LogP contribution >= 0.6 is 11.8 Å². The van der Waals surface area contributed by atoms with Crippen LogP contribution in [-0.2, 0) is 0 Å². The second kappa shape index (κ2) is 6.72. The summed E-state index contributed by atoms with van der Waals surface area (Å²) in [6.07, 6.45) is -2.26. The molecule has 1 fully saturated rings. The Morgan fingerprint density at radius 2 is 2.00 bits per heavy atom. The zero-order valence-electron chi connectivity index (χ0n) is 11.2. The number of rotatable bonds is 4. The van der Waals surface area contributed by atoms with E-state index in [1.54, 1.807) is 12.1 Å². The van der Waals surface area contributed by atoms with E-state index in [4.69, 9.17) is 0 Å². The third-order valence-corrected chi connectivity index (χ3v) is 4.48. The smallest absolute Gasteiger partial charge is 0.406 e. The van der Waals surface area contributed by atoms with Crippen molar-refractivity contribution in [1.29, 1.82) is 0 Å². The van der Waals surface area contributed by atoms with Crippen molar-refractivity contribution in [2.45, 2.75) is 38.2 Å². The highest BCUT2D eigenvalue weighted by atomic mass is 32.2. The lowest BCUT2D eigenvalue weighted by atomic mass is 10.1. The molecular formula is C14H18F3NOS. The molecule has 1 heterocycles.